The third-order valence-corrected chi connectivity index (χ3v) is 3.17. The monoisotopic (exact) mass is 264 g/mol. The minimum atomic E-state index is -0.351. The molecule has 0 radical (unpaired) electrons. The van der Waals surface area contributed by atoms with Crippen molar-refractivity contribution < 1.29 is 14.3 Å². The Balaban J connectivity index is 1.96. The molecule has 0 aliphatic carbocycles. The average Bonchev–Trinajstić information content (AvgIpc) is 2.63. The lowest BCUT2D eigenvalue weighted by Crippen LogP contribution is -2.30. The molecular formula is C14H20N2O3. The third kappa shape index (κ3) is 4.01. The Labute approximate surface area is 113 Å². The van der Waals surface area contributed by atoms with Gasteiger partial charge in [-0.3, -0.25) is 9.88 Å². The summed E-state index contributed by atoms with van der Waals surface area (Å²) in [5, 5.41) is 0. The van der Waals surface area contributed by atoms with Gasteiger partial charge in [-0.1, -0.05) is 0 Å². The van der Waals surface area contributed by atoms with Crippen LogP contribution in [-0.2, 0) is 16.0 Å². The highest BCUT2D eigenvalue weighted by Crippen LogP contribution is 2.10. The quantitative estimate of drug-likeness (QED) is 0.774. The second kappa shape index (κ2) is 6.63. The van der Waals surface area contributed by atoms with E-state index in [0.717, 1.165) is 38.4 Å². The van der Waals surface area contributed by atoms with Crippen LogP contribution >= 0.6 is 0 Å². The van der Waals surface area contributed by atoms with E-state index in [1.165, 1.54) is 7.11 Å². The molecule has 5 heteroatoms. The molecule has 0 N–H and O–H groups in total. The minimum Gasteiger partial charge on any atom is -0.465 e. The van der Waals surface area contributed by atoms with Gasteiger partial charge in [-0.25, -0.2) is 4.79 Å². The first kappa shape index (κ1) is 14.0. The Morgan fingerprint density at radius 1 is 1.58 bits per heavy atom. The highest BCUT2D eigenvalue weighted by molar-refractivity contribution is 5.88. The summed E-state index contributed by atoms with van der Waals surface area (Å²) in [6.45, 7) is 5.64. The van der Waals surface area contributed by atoms with Crippen LogP contribution in [0.1, 0.15) is 29.4 Å². The summed E-state index contributed by atoms with van der Waals surface area (Å²) < 4.78 is 10.3. The number of ether oxygens (including phenoxy) is 2. The second-order valence-corrected chi connectivity index (χ2v) is 4.80. The number of methoxy groups -OCH3 is 1. The van der Waals surface area contributed by atoms with Crippen molar-refractivity contribution in [3.05, 3.63) is 29.6 Å². The Hall–Kier alpha value is -1.46. The molecule has 0 saturated carbocycles. The molecule has 0 bridgehead atoms. The van der Waals surface area contributed by atoms with Crippen molar-refractivity contribution in [2.75, 3.05) is 26.8 Å². The Morgan fingerprint density at radius 3 is 3.11 bits per heavy atom. The summed E-state index contributed by atoms with van der Waals surface area (Å²) in [6.07, 6.45) is 2.88. The maximum atomic E-state index is 11.3. The van der Waals surface area contributed by atoms with E-state index in [0.29, 0.717) is 5.56 Å². The molecule has 1 aromatic rings. The van der Waals surface area contributed by atoms with Crippen molar-refractivity contribution >= 4 is 5.97 Å². The maximum Gasteiger partial charge on any atom is 0.339 e. The Kier molecular flexibility index (Phi) is 4.87. The Bertz CT molecular complexity index is 419. The zero-order chi connectivity index (χ0) is 13.7. The molecule has 0 aromatic carbocycles. The number of carbonyl (C=O) groups excluding carboxylic acids is 1. The van der Waals surface area contributed by atoms with Gasteiger partial charge in [-0.15, -0.1) is 0 Å². The molecule has 1 fully saturated rings. The summed E-state index contributed by atoms with van der Waals surface area (Å²) in [4.78, 5) is 18.0. The molecule has 1 aromatic heterocycles. The lowest BCUT2D eigenvalue weighted by Gasteiger charge is -2.21. The summed E-state index contributed by atoms with van der Waals surface area (Å²) in [5.74, 6) is -0.351. The molecule has 1 aliphatic heterocycles. The van der Waals surface area contributed by atoms with E-state index in [2.05, 4.69) is 21.5 Å². The van der Waals surface area contributed by atoms with E-state index in [9.17, 15) is 4.79 Å². The molecule has 1 atom stereocenters. The fourth-order valence-corrected chi connectivity index (χ4v) is 2.21. The van der Waals surface area contributed by atoms with Gasteiger partial charge in [-0.05, 0) is 25.5 Å². The van der Waals surface area contributed by atoms with Crippen LogP contribution in [0.25, 0.3) is 0 Å². The highest BCUT2D eigenvalue weighted by atomic mass is 16.5. The first-order valence-corrected chi connectivity index (χ1v) is 6.56. The van der Waals surface area contributed by atoms with Crippen molar-refractivity contribution in [2.45, 2.75) is 26.0 Å². The number of pyridine rings is 1. The van der Waals surface area contributed by atoms with Crippen molar-refractivity contribution in [3.63, 3.8) is 0 Å². The lowest BCUT2D eigenvalue weighted by atomic mass is 10.2. The number of rotatable bonds is 3. The van der Waals surface area contributed by atoms with Crippen molar-refractivity contribution in [1.29, 1.82) is 0 Å². The predicted octanol–water partition coefficient (Wildman–Crippen LogP) is 1.48. The second-order valence-electron chi connectivity index (χ2n) is 4.80. The fraction of sp³-hybridized carbons (Fsp3) is 0.571. The van der Waals surface area contributed by atoms with Gasteiger partial charge in [0.1, 0.15) is 0 Å². The highest BCUT2D eigenvalue weighted by Gasteiger charge is 2.15. The van der Waals surface area contributed by atoms with Gasteiger partial charge < -0.3 is 9.47 Å². The molecule has 19 heavy (non-hydrogen) atoms. The molecule has 104 valence electrons. The normalized spacial score (nSPS) is 20.8. The van der Waals surface area contributed by atoms with E-state index < -0.39 is 0 Å². The van der Waals surface area contributed by atoms with Gasteiger partial charge in [0, 0.05) is 32.4 Å². The SMILES string of the molecule is COC(=O)c1ccc(CN2CCCOC(C)C2)nc1. The standard InChI is InChI=1S/C14H20N2O3/c1-11-9-16(6-3-7-19-11)10-13-5-4-12(8-15-13)14(17)18-2/h4-5,8,11H,3,6-7,9-10H2,1-2H3. The summed E-state index contributed by atoms with van der Waals surface area (Å²) in [5.41, 5.74) is 1.44. The van der Waals surface area contributed by atoms with E-state index in [1.54, 1.807) is 12.3 Å². The molecule has 1 saturated heterocycles. The van der Waals surface area contributed by atoms with E-state index in [-0.39, 0.29) is 12.1 Å². The first-order valence-electron chi connectivity index (χ1n) is 6.56. The van der Waals surface area contributed by atoms with Crippen molar-refractivity contribution in [2.24, 2.45) is 0 Å². The largest absolute Gasteiger partial charge is 0.465 e. The van der Waals surface area contributed by atoms with Crippen LogP contribution in [-0.4, -0.2) is 48.8 Å². The molecule has 2 rings (SSSR count). The van der Waals surface area contributed by atoms with Gasteiger partial charge in [0.15, 0.2) is 0 Å². The molecule has 0 amide bonds. The molecular weight excluding hydrogens is 244 g/mol. The summed E-state index contributed by atoms with van der Waals surface area (Å²) in [6, 6.07) is 3.63. The first-order chi connectivity index (χ1) is 9.19. The molecule has 1 unspecified atom stereocenters. The van der Waals surface area contributed by atoms with E-state index in [1.807, 2.05) is 6.07 Å². The van der Waals surface area contributed by atoms with Crippen LogP contribution in [0, 0.1) is 0 Å². The number of esters is 1. The van der Waals surface area contributed by atoms with Crippen molar-refractivity contribution in [3.8, 4) is 0 Å². The zero-order valence-electron chi connectivity index (χ0n) is 11.5. The minimum absolute atomic E-state index is 0.261. The third-order valence-electron chi connectivity index (χ3n) is 3.17. The summed E-state index contributed by atoms with van der Waals surface area (Å²) in [7, 11) is 1.37. The Morgan fingerprint density at radius 2 is 2.42 bits per heavy atom. The maximum absolute atomic E-state index is 11.3. The lowest BCUT2D eigenvalue weighted by molar-refractivity contribution is 0.0600. The van der Waals surface area contributed by atoms with Gasteiger partial charge in [0.25, 0.3) is 0 Å². The average molecular weight is 264 g/mol. The summed E-state index contributed by atoms with van der Waals surface area (Å²) >= 11 is 0. The van der Waals surface area contributed by atoms with Crippen LogP contribution < -0.4 is 0 Å². The molecule has 0 spiro atoms. The number of carbonyl (C=O) groups is 1. The molecule has 1 aliphatic rings. The van der Waals surface area contributed by atoms with Crippen LogP contribution in [0.4, 0.5) is 0 Å². The van der Waals surface area contributed by atoms with Crippen LogP contribution in [0.5, 0.6) is 0 Å². The predicted molar refractivity (Wildman–Crippen MR) is 70.9 cm³/mol. The van der Waals surface area contributed by atoms with Crippen LogP contribution in [0.3, 0.4) is 0 Å². The molecule has 5 nitrogen and oxygen atoms in total. The van der Waals surface area contributed by atoms with Crippen LogP contribution in [0.2, 0.25) is 0 Å². The van der Waals surface area contributed by atoms with Crippen LogP contribution in [0.15, 0.2) is 18.3 Å². The number of aromatic nitrogens is 1. The molecule has 2 heterocycles. The van der Waals surface area contributed by atoms with E-state index >= 15 is 0 Å². The number of nitrogens with zero attached hydrogens (tertiary/aromatic N) is 2. The number of hydrogen-bond acceptors (Lipinski definition) is 5. The zero-order valence-corrected chi connectivity index (χ0v) is 11.5. The van der Waals surface area contributed by atoms with Gasteiger partial charge in [0.05, 0.1) is 24.5 Å². The smallest absolute Gasteiger partial charge is 0.339 e. The van der Waals surface area contributed by atoms with Gasteiger partial charge >= 0.3 is 5.97 Å². The topological polar surface area (TPSA) is 51.7 Å². The number of hydrogen-bond donors (Lipinski definition) is 0. The van der Waals surface area contributed by atoms with E-state index in [4.69, 9.17) is 4.74 Å². The van der Waals surface area contributed by atoms with Crippen molar-refractivity contribution in [1.82, 2.24) is 9.88 Å². The fourth-order valence-electron chi connectivity index (χ4n) is 2.21. The van der Waals surface area contributed by atoms with Gasteiger partial charge in [-0.2, -0.15) is 0 Å². The van der Waals surface area contributed by atoms with Gasteiger partial charge in [0.2, 0.25) is 0 Å².